The van der Waals surface area contributed by atoms with Crippen molar-refractivity contribution >= 4 is 27.7 Å². The lowest BCUT2D eigenvalue weighted by Crippen LogP contribution is -1.92. The van der Waals surface area contributed by atoms with Gasteiger partial charge in [0.15, 0.2) is 0 Å². The molecular formula is C12H11BrN2OS. The van der Waals surface area contributed by atoms with Gasteiger partial charge in [0, 0.05) is 12.4 Å². The fourth-order valence-electron chi connectivity index (χ4n) is 1.24. The summed E-state index contributed by atoms with van der Waals surface area (Å²) in [6.07, 6.45) is 2.95. The molecule has 0 aliphatic rings. The van der Waals surface area contributed by atoms with Crippen LogP contribution in [0.25, 0.3) is 0 Å². The standard InChI is InChI=1S/C12H11BrN2OS/c1-8(16)9-4-5-11(15-7-9)17-12-10(13)3-2-6-14-12/h2-8,16H,1H3/t8-/m1/s1. The monoisotopic (exact) mass is 310 g/mol. The lowest BCUT2D eigenvalue weighted by atomic mass is 10.2. The molecule has 0 bridgehead atoms. The van der Waals surface area contributed by atoms with Gasteiger partial charge in [-0.3, -0.25) is 0 Å². The molecule has 0 unspecified atom stereocenters. The van der Waals surface area contributed by atoms with Gasteiger partial charge in [-0.2, -0.15) is 0 Å². The second-order valence-corrected chi connectivity index (χ2v) is 5.36. The van der Waals surface area contributed by atoms with Crippen LogP contribution in [0.2, 0.25) is 0 Å². The van der Waals surface area contributed by atoms with Crippen LogP contribution in [-0.2, 0) is 0 Å². The molecule has 0 aromatic carbocycles. The van der Waals surface area contributed by atoms with E-state index in [1.807, 2.05) is 24.3 Å². The Morgan fingerprint density at radius 1 is 1.29 bits per heavy atom. The molecule has 0 saturated heterocycles. The third kappa shape index (κ3) is 3.28. The Morgan fingerprint density at radius 3 is 2.71 bits per heavy atom. The van der Waals surface area contributed by atoms with Crippen LogP contribution in [0.3, 0.4) is 0 Å². The molecule has 88 valence electrons. The topological polar surface area (TPSA) is 46.0 Å². The van der Waals surface area contributed by atoms with E-state index in [1.54, 1.807) is 19.3 Å². The Bertz CT molecular complexity index is 502. The zero-order valence-corrected chi connectivity index (χ0v) is 11.6. The van der Waals surface area contributed by atoms with Crippen molar-refractivity contribution in [3.05, 3.63) is 46.7 Å². The normalized spacial score (nSPS) is 12.4. The van der Waals surface area contributed by atoms with Crippen molar-refractivity contribution < 1.29 is 5.11 Å². The highest BCUT2D eigenvalue weighted by Crippen LogP contribution is 2.30. The van der Waals surface area contributed by atoms with E-state index in [4.69, 9.17) is 0 Å². The quantitative estimate of drug-likeness (QED) is 0.943. The smallest absolute Gasteiger partial charge is 0.116 e. The molecule has 0 aliphatic carbocycles. The zero-order chi connectivity index (χ0) is 12.3. The van der Waals surface area contributed by atoms with Crippen molar-refractivity contribution in [3.8, 4) is 0 Å². The number of hydrogen-bond acceptors (Lipinski definition) is 4. The Labute approximate surface area is 112 Å². The second kappa shape index (κ2) is 5.62. The third-order valence-corrected chi connectivity index (χ3v) is 4.04. The predicted molar refractivity (Wildman–Crippen MR) is 70.9 cm³/mol. The maximum absolute atomic E-state index is 9.38. The molecule has 2 aromatic heterocycles. The highest BCUT2D eigenvalue weighted by Gasteiger charge is 2.05. The van der Waals surface area contributed by atoms with Crippen LogP contribution in [0.4, 0.5) is 0 Å². The second-order valence-electron chi connectivity index (χ2n) is 3.50. The van der Waals surface area contributed by atoms with Gasteiger partial charge in [0.05, 0.1) is 10.6 Å². The first-order valence-electron chi connectivity index (χ1n) is 5.09. The first-order chi connectivity index (χ1) is 8.16. The minimum absolute atomic E-state index is 0.483. The van der Waals surface area contributed by atoms with Crippen molar-refractivity contribution in [1.29, 1.82) is 0 Å². The van der Waals surface area contributed by atoms with E-state index >= 15 is 0 Å². The lowest BCUT2D eigenvalue weighted by molar-refractivity contribution is 0.198. The van der Waals surface area contributed by atoms with Gasteiger partial charge >= 0.3 is 0 Å². The Balaban J connectivity index is 2.17. The Kier molecular flexibility index (Phi) is 4.15. The fourth-order valence-corrected chi connectivity index (χ4v) is 2.46. The van der Waals surface area contributed by atoms with Crippen LogP contribution in [0.5, 0.6) is 0 Å². The summed E-state index contributed by atoms with van der Waals surface area (Å²) in [5.74, 6) is 0. The summed E-state index contributed by atoms with van der Waals surface area (Å²) >= 11 is 4.92. The van der Waals surface area contributed by atoms with Crippen molar-refractivity contribution in [2.45, 2.75) is 23.1 Å². The van der Waals surface area contributed by atoms with Crippen LogP contribution in [0, 0.1) is 0 Å². The van der Waals surface area contributed by atoms with E-state index in [2.05, 4.69) is 25.9 Å². The van der Waals surface area contributed by atoms with Gasteiger partial charge in [-0.25, -0.2) is 9.97 Å². The number of aliphatic hydroxyl groups excluding tert-OH is 1. The largest absolute Gasteiger partial charge is 0.389 e. The molecule has 1 N–H and O–H groups in total. The summed E-state index contributed by atoms with van der Waals surface area (Å²) in [6.45, 7) is 1.72. The van der Waals surface area contributed by atoms with Crippen molar-refractivity contribution in [2.75, 3.05) is 0 Å². The molecule has 0 fully saturated rings. The summed E-state index contributed by atoms with van der Waals surface area (Å²) in [7, 11) is 0. The maximum atomic E-state index is 9.38. The molecule has 0 amide bonds. The molecule has 3 nitrogen and oxygen atoms in total. The molecule has 0 aliphatic heterocycles. The first kappa shape index (κ1) is 12.5. The minimum atomic E-state index is -0.483. The number of halogens is 1. The minimum Gasteiger partial charge on any atom is -0.389 e. The number of nitrogens with zero attached hydrogens (tertiary/aromatic N) is 2. The number of hydrogen-bond donors (Lipinski definition) is 1. The van der Waals surface area contributed by atoms with E-state index in [0.29, 0.717) is 0 Å². The first-order valence-corrected chi connectivity index (χ1v) is 6.70. The van der Waals surface area contributed by atoms with Gasteiger partial charge in [-0.1, -0.05) is 6.07 Å². The molecule has 2 rings (SSSR count). The lowest BCUT2D eigenvalue weighted by Gasteiger charge is -2.05. The van der Waals surface area contributed by atoms with Crippen molar-refractivity contribution in [2.24, 2.45) is 0 Å². The summed E-state index contributed by atoms with van der Waals surface area (Å²) < 4.78 is 0.950. The fraction of sp³-hybridized carbons (Fsp3) is 0.167. The van der Waals surface area contributed by atoms with E-state index in [1.165, 1.54) is 11.8 Å². The van der Waals surface area contributed by atoms with Crippen molar-refractivity contribution in [3.63, 3.8) is 0 Å². The van der Waals surface area contributed by atoms with Gasteiger partial charge in [0.25, 0.3) is 0 Å². The number of aliphatic hydroxyl groups is 1. The average molecular weight is 311 g/mol. The predicted octanol–water partition coefficient (Wildman–Crippen LogP) is 3.44. The average Bonchev–Trinajstić information content (AvgIpc) is 2.33. The molecule has 0 saturated carbocycles. The van der Waals surface area contributed by atoms with Gasteiger partial charge < -0.3 is 5.11 Å². The molecule has 5 heteroatoms. The van der Waals surface area contributed by atoms with Gasteiger partial charge in [0.1, 0.15) is 10.1 Å². The molecule has 2 heterocycles. The molecule has 2 aromatic rings. The molecule has 0 spiro atoms. The van der Waals surface area contributed by atoms with Crippen LogP contribution >= 0.6 is 27.7 Å². The van der Waals surface area contributed by atoms with E-state index in [0.717, 1.165) is 20.1 Å². The third-order valence-electron chi connectivity index (χ3n) is 2.17. The highest BCUT2D eigenvalue weighted by molar-refractivity contribution is 9.10. The number of aromatic nitrogens is 2. The summed E-state index contributed by atoms with van der Waals surface area (Å²) in [5, 5.41) is 11.1. The molecule has 1 atom stereocenters. The van der Waals surface area contributed by atoms with Gasteiger partial charge in [-0.15, -0.1) is 0 Å². The Morgan fingerprint density at radius 2 is 2.12 bits per heavy atom. The molecule has 17 heavy (non-hydrogen) atoms. The van der Waals surface area contributed by atoms with Gasteiger partial charge in [0.2, 0.25) is 0 Å². The maximum Gasteiger partial charge on any atom is 0.116 e. The van der Waals surface area contributed by atoms with Crippen molar-refractivity contribution in [1.82, 2.24) is 9.97 Å². The Hall–Kier alpha value is -0.910. The van der Waals surface area contributed by atoms with E-state index < -0.39 is 6.10 Å². The zero-order valence-electron chi connectivity index (χ0n) is 9.17. The number of rotatable bonds is 3. The summed E-state index contributed by atoms with van der Waals surface area (Å²) in [5.41, 5.74) is 0.814. The van der Waals surface area contributed by atoms with E-state index in [-0.39, 0.29) is 0 Å². The highest BCUT2D eigenvalue weighted by atomic mass is 79.9. The summed E-state index contributed by atoms with van der Waals surface area (Å²) in [4.78, 5) is 8.54. The number of pyridine rings is 2. The molecule has 0 radical (unpaired) electrons. The van der Waals surface area contributed by atoms with Crippen LogP contribution in [0.1, 0.15) is 18.6 Å². The van der Waals surface area contributed by atoms with Gasteiger partial charge in [-0.05, 0) is 58.4 Å². The van der Waals surface area contributed by atoms with Crippen LogP contribution in [0.15, 0.2) is 51.2 Å². The summed E-state index contributed by atoms with van der Waals surface area (Å²) in [6, 6.07) is 7.57. The van der Waals surface area contributed by atoms with E-state index in [9.17, 15) is 5.11 Å². The van der Waals surface area contributed by atoms with Crippen LogP contribution < -0.4 is 0 Å². The SMILES string of the molecule is C[C@@H](O)c1ccc(Sc2ncccc2Br)nc1. The molecular weight excluding hydrogens is 300 g/mol. The van der Waals surface area contributed by atoms with Crippen LogP contribution in [-0.4, -0.2) is 15.1 Å².